The highest BCUT2D eigenvalue weighted by Crippen LogP contribution is 2.44. The van der Waals surface area contributed by atoms with Gasteiger partial charge in [-0.3, -0.25) is 0 Å². The molecule has 176 valence electrons. The molecule has 11 heteroatoms. The zero-order valence-electron chi connectivity index (χ0n) is 16.6. The van der Waals surface area contributed by atoms with Crippen molar-refractivity contribution in [2.45, 2.75) is 44.2 Å². The first kappa shape index (κ1) is 25.9. The summed E-state index contributed by atoms with van der Waals surface area (Å²) in [5.41, 5.74) is -3.58. The molecule has 0 amide bonds. The van der Waals surface area contributed by atoms with Gasteiger partial charge in [-0.25, -0.2) is 0 Å². The van der Waals surface area contributed by atoms with Crippen molar-refractivity contribution in [1.82, 2.24) is 0 Å². The van der Waals surface area contributed by atoms with E-state index in [1.807, 2.05) is 0 Å². The number of benzene rings is 1. The van der Waals surface area contributed by atoms with Gasteiger partial charge in [-0.2, -0.15) is 26.3 Å². The number of alkyl halides is 6. The van der Waals surface area contributed by atoms with Gasteiger partial charge in [0.2, 0.25) is 0 Å². The predicted molar refractivity (Wildman–Crippen MR) is 107 cm³/mol. The first-order valence-electron chi connectivity index (χ1n) is 9.19. The van der Waals surface area contributed by atoms with Crippen LogP contribution < -0.4 is 4.74 Å². The number of hydrogen-bond donors (Lipinski definition) is 3. The average molecular weight is 482 g/mol. The van der Waals surface area contributed by atoms with E-state index >= 15 is 0 Å². The van der Waals surface area contributed by atoms with Crippen molar-refractivity contribution in [3.63, 3.8) is 0 Å². The second-order valence-electron chi connectivity index (χ2n) is 6.70. The zero-order valence-corrected chi connectivity index (χ0v) is 17.4. The first-order valence-corrected chi connectivity index (χ1v) is 10.1. The van der Waals surface area contributed by atoms with Crippen molar-refractivity contribution >= 4 is 16.9 Å². The van der Waals surface area contributed by atoms with E-state index in [4.69, 9.17) is 20.1 Å². The maximum Gasteiger partial charge on any atom is 0.430 e. The van der Waals surface area contributed by atoms with Crippen LogP contribution in [0.5, 0.6) is 5.75 Å². The third-order valence-corrected chi connectivity index (χ3v) is 5.37. The van der Waals surface area contributed by atoms with Crippen LogP contribution >= 0.6 is 11.3 Å². The summed E-state index contributed by atoms with van der Waals surface area (Å²) < 4.78 is 82.0. The molecule has 0 atom stereocenters. The fourth-order valence-corrected chi connectivity index (χ4v) is 3.41. The van der Waals surface area contributed by atoms with E-state index in [0.29, 0.717) is 34.9 Å². The Balaban J connectivity index is 2.12. The van der Waals surface area contributed by atoms with Gasteiger partial charge in [0.05, 0.1) is 0 Å². The molecular weight excluding hydrogens is 462 g/mol. The maximum absolute atomic E-state index is 12.7. The smallest absolute Gasteiger partial charge is 0.430 e. The molecule has 2 rings (SSSR count). The topological polar surface area (TPSA) is 69.9 Å². The molecule has 0 aliphatic heterocycles. The van der Waals surface area contributed by atoms with Crippen LogP contribution in [0.4, 0.5) is 26.3 Å². The third-order valence-electron chi connectivity index (χ3n) is 4.46. The number of rotatable bonds is 8. The van der Waals surface area contributed by atoms with Crippen LogP contribution in [0, 0.1) is 0 Å². The highest BCUT2D eigenvalue weighted by atomic mass is 32.1. The Morgan fingerprint density at radius 3 is 2.16 bits per heavy atom. The normalized spacial score (nSPS) is 13.9. The van der Waals surface area contributed by atoms with Crippen molar-refractivity contribution < 1.29 is 46.4 Å². The Kier molecular flexibility index (Phi) is 8.16. The number of aliphatic hydroxyl groups excluding tert-OH is 1. The summed E-state index contributed by atoms with van der Waals surface area (Å²) in [7, 11) is 0. The zero-order chi connectivity index (χ0) is 24.2. The molecule has 3 N–H and O–H groups in total. The molecule has 1 aromatic heterocycles. The van der Waals surface area contributed by atoms with E-state index in [2.05, 4.69) is 0 Å². The van der Waals surface area contributed by atoms with Crippen LogP contribution in [0.15, 0.2) is 53.9 Å². The molecule has 0 saturated heterocycles. The number of halogens is 6. The molecule has 0 aliphatic carbocycles. The second-order valence-corrected chi connectivity index (χ2v) is 7.70. The minimum absolute atomic E-state index is 0.153. The third kappa shape index (κ3) is 6.12. The molecule has 0 aliphatic rings. The molecular formula is C21H20F6O4S. The van der Waals surface area contributed by atoms with Crippen LogP contribution in [0.1, 0.15) is 35.6 Å². The van der Waals surface area contributed by atoms with Crippen LogP contribution in [-0.4, -0.2) is 33.3 Å². The summed E-state index contributed by atoms with van der Waals surface area (Å²) in [6, 6.07) is 7.75. The average Bonchev–Trinajstić information content (AvgIpc) is 3.17. The molecule has 32 heavy (non-hydrogen) atoms. The van der Waals surface area contributed by atoms with E-state index in [1.165, 1.54) is 23.5 Å². The molecule has 0 fully saturated rings. The first-order chi connectivity index (χ1) is 14.8. The Bertz CT molecular complexity index is 928. The van der Waals surface area contributed by atoms with Gasteiger partial charge in [0.15, 0.2) is 6.29 Å². The Morgan fingerprint density at radius 1 is 1.06 bits per heavy atom. The minimum Gasteiger partial charge on any atom is -0.488 e. The molecule has 0 radical (unpaired) electrons. The summed E-state index contributed by atoms with van der Waals surface area (Å²) in [5.74, 6) is 0.470. The number of allylic oxidation sites excluding steroid dienone is 3. The van der Waals surface area contributed by atoms with E-state index in [-0.39, 0.29) is 12.7 Å². The van der Waals surface area contributed by atoms with E-state index in [1.54, 1.807) is 30.5 Å². The van der Waals surface area contributed by atoms with Crippen molar-refractivity contribution in [2.24, 2.45) is 0 Å². The van der Waals surface area contributed by atoms with Gasteiger partial charge >= 0.3 is 12.4 Å². The van der Waals surface area contributed by atoms with Gasteiger partial charge in [-0.1, -0.05) is 31.2 Å². The molecule has 1 aromatic carbocycles. The fourth-order valence-electron chi connectivity index (χ4n) is 2.59. The quantitative estimate of drug-likeness (QED) is 0.264. The minimum atomic E-state index is -5.91. The lowest BCUT2D eigenvalue weighted by Crippen LogP contribution is -2.55. The SMILES string of the molecule is CCC(=CC=CC(O)(C(F)(F)F)C(F)(F)F)c1csc(COc2ccc(C(O)O)cc2)c1. The van der Waals surface area contributed by atoms with Crippen molar-refractivity contribution in [3.8, 4) is 5.75 Å². The lowest BCUT2D eigenvalue weighted by molar-refractivity contribution is -0.347. The number of aliphatic hydroxyl groups is 3. The Labute approximate surface area is 183 Å². The second kappa shape index (κ2) is 10.1. The Hall–Kier alpha value is -2.34. The van der Waals surface area contributed by atoms with Gasteiger partial charge in [0, 0.05) is 10.4 Å². The number of ether oxygens (including phenoxy) is 1. The van der Waals surface area contributed by atoms with E-state index in [0.717, 1.165) is 11.0 Å². The van der Waals surface area contributed by atoms with Gasteiger partial charge in [0.25, 0.3) is 5.60 Å². The van der Waals surface area contributed by atoms with E-state index in [9.17, 15) is 26.3 Å². The molecule has 2 aromatic rings. The maximum atomic E-state index is 12.7. The van der Waals surface area contributed by atoms with Crippen LogP contribution in [-0.2, 0) is 6.61 Å². The standard InChI is InChI=1S/C21H20F6O4S/c1-2-13(4-3-9-19(30,20(22,23)24)21(25,26)27)15-10-17(32-12-15)11-31-16-7-5-14(6-8-16)18(28)29/h3-10,12,18,28-30H,2,11H2,1H3. The van der Waals surface area contributed by atoms with E-state index < -0.39 is 24.2 Å². The summed E-state index contributed by atoms with van der Waals surface area (Å²) in [4.78, 5) is 0.747. The summed E-state index contributed by atoms with van der Waals surface area (Å²) >= 11 is 1.29. The largest absolute Gasteiger partial charge is 0.488 e. The molecule has 0 spiro atoms. The fraction of sp³-hybridized carbons (Fsp3) is 0.333. The van der Waals surface area contributed by atoms with Crippen molar-refractivity contribution in [3.05, 3.63) is 69.9 Å². The molecule has 0 bridgehead atoms. The molecule has 0 unspecified atom stereocenters. The van der Waals surface area contributed by atoms with Crippen molar-refractivity contribution in [2.75, 3.05) is 0 Å². The summed E-state index contributed by atoms with van der Waals surface area (Å²) in [6.07, 6.45) is -11.8. The Morgan fingerprint density at radius 2 is 1.66 bits per heavy atom. The lowest BCUT2D eigenvalue weighted by Gasteiger charge is -2.29. The lowest BCUT2D eigenvalue weighted by atomic mass is 10.0. The summed E-state index contributed by atoms with van der Waals surface area (Å²) in [5, 5.41) is 29.0. The molecule has 1 heterocycles. The monoisotopic (exact) mass is 482 g/mol. The highest BCUT2D eigenvalue weighted by Gasteiger charge is 2.68. The van der Waals surface area contributed by atoms with Gasteiger partial charge in [0.1, 0.15) is 12.4 Å². The van der Waals surface area contributed by atoms with Crippen LogP contribution in [0.25, 0.3) is 5.57 Å². The highest BCUT2D eigenvalue weighted by molar-refractivity contribution is 7.10. The van der Waals surface area contributed by atoms with Gasteiger partial charge in [-0.05, 0) is 47.2 Å². The molecule has 0 saturated carbocycles. The van der Waals surface area contributed by atoms with Crippen molar-refractivity contribution in [1.29, 1.82) is 0 Å². The summed E-state index contributed by atoms with van der Waals surface area (Å²) in [6.45, 7) is 1.84. The predicted octanol–water partition coefficient (Wildman–Crippen LogP) is 5.52. The molecule has 4 nitrogen and oxygen atoms in total. The number of thiophene rings is 1. The van der Waals surface area contributed by atoms with Gasteiger partial charge < -0.3 is 20.1 Å². The van der Waals surface area contributed by atoms with Crippen LogP contribution in [0.2, 0.25) is 0 Å². The van der Waals surface area contributed by atoms with Gasteiger partial charge in [-0.15, -0.1) is 11.3 Å². The number of hydrogen-bond acceptors (Lipinski definition) is 5. The van der Waals surface area contributed by atoms with Crippen LogP contribution in [0.3, 0.4) is 0 Å².